The van der Waals surface area contributed by atoms with Crippen molar-refractivity contribution in [1.82, 2.24) is 0 Å². The van der Waals surface area contributed by atoms with Gasteiger partial charge in [-0.25, -0.2) is 8.42 Å². The van der Waals surface area contributed by atoms with Crippen molar-refractivity contribution < 1.29 is 13.5 Å². The van der Waals surface area contributed by atoms with Gasteiger partial charge < -0.3 is 5.11 Å². The molecule has 0 saturated carbocycles. The van der Waals surface area contributed by atoms with Gasteiger partial charge in [-0.15, -0.1) is 0 Å². The van der Waals surface area contributed by atoms with Crippen LogP contribution in [-0.2, 0) is 22.1 Å². The molecule has 0 aromatic heterocycles. The molecule has 0 aliphatic heterocycles. The maximum atomic E-state index is 11.3. The molecule has 4 nitrogen and oxygen atoms in total. The monoisotopic (exact) mass is 259 g/mol. The molecule has 0 bridgehead atoms. The Morgan fingerprint density at radius 2 is 2.12 bits per heavy atom. The first-order valence-corrected chi connectivity index (χ1v) is 6.86. The number of aryl methyl sites for hydroxylation is 1. The molecule has 0 radical (unpaired) electrons. The van der Waals surface area contributed by atoms with Gasteiger partial charge >= 0.3 is 0 Å². The van der Waals surface area contributed by atoms with E-state index in [1.165, 1.54) is 6.07 Å². The van der Waals surface area contributed by atoms with Gasteiger partial charge in [-0.1, -0.05) is 13.0 Å². The Morgan fingerprint density at radius 1 is 1.50 bits per heavy atom. The number of aliphatic hydroxyl groups excluding tert-OH is 1. The van der Waals surface area contributed by atoms with E-state index in [-0.39, 0.29) is 16.0 Å². The summed E-state index contributed by atoms with van der Waals surface area (Å²) in [5.74, 6) is 0. The van der Waals surface area contributed by atoms with Gasteiger partial charge in [0.15, 0.2) is 0 Å². The molecule has 16 heavy (non-hydrogen) atoms. The van der Waals surface area contributed by atoms with Crippen molar-refractivity contribution in [2.45, 2.75) is 24.8 Å². The lowest BCUT2D eigenvalue weighted by atomic mass is 10.0. The average molecular weight is 260 g/mol. The van der Waals surface area contributed by atoms with Crippen molar-refractivity contribution in [3.05, 3.63) is 28.8 Å². The number of halogens is 1. The smallest absolute Gasteiger partial charge is 0.262 e. The minimum absolute atomic E-state index is 0.0882. The zero-order valence-electron chi connectivity index (χ0n) is 8.57. The first-order chi connectivity index (χ1) is 7.43. The Hall–Kier alpha value is -1.09. The van der Waals surface area contributed by atoms with E-state index >= 15 is 0 Å². The van der Waals surface area contributed by atoms with Crippen molar-refractivity contribution in [2.75, 3.05) is 0 Å². The number of hydrogen-bond acceptors (Lipinski definition) is 4. The van der Waals surface area contributed by atoms with Crippen LogP contribution in [0.5, 0.6) is 0 Å². The molecule has 0 atom stereocenters. The zero-order chi connectivity index (χ0) is 12.3. The Labute approximate surface area is 98.5 Å². The summed E-state index contributed by atoms with van der Waals surface area (Å²) in [6.07, 6.45) is 0.595. The average Bonchev–Trinajstić information content (AvgIpc) is 2.25. The van der Waals surface area contributed by atoms with Crippen LogP contribution in [0.4, 0.5) is 0 Å². The quantitative estimate of drug-likeness (QED) is 0.835. The van der Waals surface area contributed by atoms with Gasteiger partial charge in [-0.3, -0.25) is 0 Å². The van der Waals surface area contributed by atoms with Crippen LogP contribution in [0.3, 0.4) is 0 Å². The van der Waals surface area contributed by atoms with Gasteiger partial charge in [-0.2, -0.15) is 5.26 Å². The molecule has 0 unspecified atom stereocenters. The fourth-order valence-corrected chi connectivity index (χ4v) is 2.46. The molecular weight excluding hydrogens is 250 g/mol. The van der Waals surface area contributed by atoms with E-state index in [1.54, 1.807) is 12.1 Å². The lowest BCUT2D eigenvalue weighted by molar-refractivity contribution is 0.281. The molecule has 0 saturated heterocycles. The highest BCUT2D eigenvalue weighted by Crippen LogP contribution is 2.25. The fourth-order valence-electron chi connectivity index (χ4n) is 1.38. The largest absolute Gasteiger partial charge is 0.392 e. The van der Waals surface area contributed by atoms with Crippen LogP contribution in [0.25, 0.3) is 0 Å². The maximum Gasteiger partial charge on any atom is 0.262 e. The number of aliphatic hydroxyl groups is 1. The first kappa shape index (κ1) is 13.0. The third kappa shape index (κ3) is 2.53. The summed E-state index contributed by atoms with van der Waals surface area (Å²) in [5, 5.41) is 17.9. The summed E-state index contributed by atoms with van der Waals surface area (Å²) >= 11 is 0. The minimum atomic E-state index is -3.97. The van der Waals surface area contributed by atoms with E-state index in [1.807, 2.05) is 6.92 Å². The molecule has 0 fully saturated rings. The number of rotatable bonds is 3. The summed E-state index contributed by atoms with van der Waals surface area (Å²) in [5.41, 5.74) is 0.901. The van der Waals surface area contributed by atoms with E-state index in [0.717, 1.165) is 0 Å². The minimum Gasteiger partial charge on any atom is -0.392 e. The lowest BCUT2D eigenvalue weighted by Gasteiger charge is -2.08. The second-order valence-corrected chi connectivity index (χ2v) is 5.72. The van der Waals surface area contributed by atoms with E-state index < -0.39 is 15.7 Å². The van der Waals surface area contributed by atoms with Crippen molar-refractivity contribution >= 4 is 19.7 Å². The maximum absolute atomic E-state index is 11.3. The highest BCUT2D eigenvalue weighted by atomic mass is 35.7. The molecule has 1 aromatic carbocycles. The molecule has 1 aromatic rings. The zero-order valence-corrected chi connectivity index (χ0v) is 10.1. The molecule has 86 valence electrons. The Bertz CT molecular complexity index is 546. The van der Waals surface area contributed by atoms with Crippen molar-refractivity contribution in [3.63, 3.8) is 0 Å². The third-order valence-corrected chi connectivity index (χ3v) is 3.54. The Balaban J connectivity index is 3.65. The number of nitriles is 1. The van der Waals surface area contributed by atoms with Gasteiger partial charge in [-0.05, 0) is 23.6 Å². The van der Waals surface area contributed by atoms with E-state index in [9.17, 15) is 8.42 Å². The van der Waals surface area contributed by atoms with Crippen LogP contribution in [0, 0.1) is 11.3 Å². The molecule has 0 heterocycles. The lowest BCUT2D eigenvalue weighted by Crippen LogP contribution is -2.02. The van der Waals surface area contributed by atoms with Crippen LogP contribution in [0.1, 0.15) is 23.6 Å². The van der Waals surface area contributed by atoms with Crippen LogP contribution in [0.2, 0.25) is 0 Å². The molecule has 0 spiro atoms. The molecule has 1 N–H and O–H groups in total. The van der Waals surface area contributed by atoms with Gasteiger partial charge in [0.25, 0.3) is 9.05 Å². The van der Waals surface area contributed by atoms with Gasteiger partial charge in [0.2, 0.25) is 0 Å². The van der Waals surface area contributed by atoms with Crippen LogP contribution >= 0.6 is 10.7 Å². The first-order valence-electron chi connectivity index (χ1n) is 4.55. The Kier molecular flexibility index (Phi) is 3.92. The van der Waals surface area contributed by atoms with E-state index in [4.69, 9.17) is 21.1 Å². The third-order valence-electron chi connectivity index (χ3n) is 2.20. The van der Waals surface area contributed by atoms with E-state index in [0.29, 0.717) is 12.0 Å². The predicted octanol–water partition coefficient (Wildman–Crippen LogP) is 1.54. The van der Waals surface area contributed by atoms with Gasteiger partial charge in [0.1, 0.15) is 11.0 Å². The van der Waals surface area contributed by atoms with E-state index in [2.05, 4.69) is 0 Å². The summed E-state index contributed by atoms with van der Waals surface area (Å²) in [6.45, 7) is 1.45. The Morgan fingerprint density at radius 3 is 2.50 bits per heavy atom. The van der Waals surface area contributed by atoms with Crippen LogP contribution in [0.15, 0.2) is 17.0 Å². The van der Waals surface area contributed by atoms with Crippen molar-refractivity contribution in [2.24, 2.45) is 0 Å². The summed E-state index contributed by atoms with van der Waals surface area (Å²) in [6, 6.07) is 4.71. The van der Waals surface area contributed by atoms with Crippen LogP contribution in [-0.4, -0.2) is 13.5 Å². The summed E-state index contributed by atoms with van der Waals surface area (Å²) in [7, 11) is 1.27. The van der Waals surface area contributed by atoms with Crippen molar-refractivity contribution in [1.29, 1.82) is 5.26 Å². The predicted molar refractivity (Wildman–Crippen MR) is 59.5 cm³/mol. The number of hydrogen-bond donors (Lipinski definition) is 1. The molecule has 6 heteroatoms. The topological polar surface area (TPSA) is 78.2 Å². The van der Waals surface area contributed by atoms with Gasteiger partial charge in [0.05, 0.1) is 12.2 Å². The normalized spacial score (nSPS) is 11.1. The summed E-state index contributed by atoms with van der Waals surface area (Å²) in [4.78, 5) is -0.236. The second kappa shape index (κ2) is 4.83. The highest BCUT2D eigenvalue weighted by Gasteiger charge is 2.19. The molecule has 0 amide bonds. The summed E-state index contributed by atoms with van der Waals surface area (Å²) < 4.78 is 22.6. The number of nitrogens with zero attached hydrogens (tertiary/aromatic N) is 1. The number of benzene rings is 1. The molecule has 0 aliphatic carbocycles. The SMILES string of the molecule is CCc1cc(CO)c(C#N)c(S(=O)(=O)Cl)c1. The van der Waals surface area contributed by atoms with Gasteiger partial charge in [0, 0.05) is 10.7 Å². The standard InChI is InChI=1S/C10H10ClNO3S/c1-2-7-3-8(6-13)9(5-12)10(4-7)16(11,14)15/h3-4,13H,2,6H2,1H3. The second-order valence-electron chi connectivity index (χ2n) is 3.19. The highest BCUT2D eigenvalue weighted by molar-refractivity contribution is 8.13. The molecule has 0 aliphatic rings. The molecular formula is C10H10ClNO3S. The van der Waals surface area contributed by atoms with Crippen molar-refractivity contribution in [3.8, 4) is 6.07 Å². The molecule has 1 rings (SSSR count). The van der Waals surface area contributed by atoms with Crippen LogP contribution < -0.4 is 0 Å². The fraction of sp³-hybridized carbons (Fsp3) is 0.300.